The number of ether oxygens (including phenoxy) is 1. The first kappa shape index (κ1) is 22.3. The van der Waals surface area contributed by atoms with E-state index in [0.29, 0.717) is 17.0 Å². The fourth-order valence-electron chi connectivity index (χ4n) is 4.79. The molecule has 0 amide bonds. The molecule has 36 heavy (non-hydrogen) atoms. The number of aromatic nitrogens is 4. The number of aryl methyl sites for hydroxylation is 2. The lowest BCUT2D eigenvalue weighted by Crippen LogP contribution is -2.29. The third-order valence-electron chi connectivity index (χ3n) is 6.56. The van der Waals surface area contributed by atoms with Crippen LogP contribution in [0.15, 0.2) is 59.5 Å². The maximum absolute atomic E-state index is 6.20. The van der Waals surface area contributed by atoms with Gasteiger partial charge in [-0.25, -0.2) is 9.97 Å². The summed E-state index contributed by atoms with van der Waals surface area (Å²) >= 11 is 0. The van der Waals surface area contributed by atoms with Crippen molar-refractivity contribution >= 4 is 16.7 Å². The molecule has 0 bridgehead atoms. The van der Waals surface area contributed by atoms with Gasteiger partial charge in [-0.1, -0.05) is 24.5 Å². The number of fused-ring (bicyclic) bond motifs is 2. The maximum Gasteiger partial charge on any atom is 0.286 e. The number of imidazole rings is 1. The zero-order valence-corrected chi connectivity index (χ0v) is 20.5. The molecule has 0 unspecified atom stereocenters. The topological polar surface area (TPSA) is 68.7 Å². The van der Waals surface area contributed by atoms with Gasteiger partial charge < -0.3 is 9.26 Å². The molecule has 1 saturated heterocycles. The molecule has 0 N–H and O–H groups in total. The average molecular weight is 478 g/mol. The zero-order valence-electron chi connectivity index (χ0n) is 20.5. The number of rotatable bonds is 4. The van der Waals surface area contributed by atoms with Gasteiger partial charge in [-0.2, -0.15) is 0 Å². The standard InChI is InChI=1S/C29H27N5O2/c1-20-14-22(19-33-11-5-3-6-12-33)16-24(15-20)35-29-27-28(36-32-29)25(21(2)17-31-27)10-9-23-18-30-26-8-4-7-13-34(23)26/h4,7-8,13-18H,3,5-6,11-12,19H2,1-2H3. The van der Waals surface area contributed by atoms with Crippen molar-refractivity contribution in [2.75, 3.05) is 13.1 Å². The van der Waals surface area contributed by atoms with Gasteiger partial charge in [-0.15, -0.1) is 0 Å². The van der Waals surface area contributed by atoms with E-state index in [1.807, 2.05) is 41.8 Å². The molecule has 7 heteroatoms. The molecule has 5 heterocycles. The molecule has 180 valence electrons. The van der Waals surface area contributed by atoms with Gasteiger partial charge in [0.1, 0.15) is 17.1 Å². The van der Waals surface area contributed by atoms with Gasteiger partial charge >= 0.3 is 0 Å². The fourth-order valence-corrected chi connectivity index (χ4v) is 4.79. The molecule has 0 atom stereocenters. The molecule has 4 aromatic heterocycles. The van der Waals surface area contributed by atoms with Crippen molar-refractivity contribution in [1.29, 1.82) is 0 Å². The molecule has 1 aromatic carbocycles. The van der Waals surface area contributed by atoms with Crippen LogP contribution in [-0.4, -0.2) is 37.5 Å². The highest BCUT2D eigenvalue weighted by Gasteiger charge is 2.18. The predicted octanol–water partition coefficient (Wildman–Crippen LogP) is 5.67. The van der Waals surface area contributed by atoms with Gasteiger partial charge in [-0.05, 0) is 91.8 Å². The van der Waals surface area contributed by atoms with Crippen LogP contribution in [0.3, 0.4) is 0 Å². The number of benzene rings is 1. The second-order valence-electron chi connectivity index (χ2n) is 9.40. The predicted molar refractivity (Wildman–Crippen MR) is 138 cm³/mol. The van der Waals surface area contributed by atoms with Crippen LogP contribution in [0.5, 0.6) is 11.6 Å². The van der Waals surface area contributed by atoms with Crippen molar-refractivity contribution in [3.8, 4) is 23.5 Å². The SMILES string of the molecule is Cc1cc(CN2CCCCC2)cc(Oc2noc3c(C#Cc4cnc5ccccn45)c(C)cnc23)c1. The number of hydrogen-bond acceptors (Lipinski definition) is 6. The van der Waals surface area contributed by atoms with Gasteiger partial charge in [0.15, 0.2) is 5.52 Å². The Bertz CT molecular complexity index is 1620. The number of pyridine rings is 2. The first-order chi connectivity index (χ1) is 17.6. The Morgan fingerprint density at radius 2 is 1.89 bits per heavy atom. The van der Waals surface area contributed by atoms with Crippen LogP contribution in [0.25, 0.3) is 16.7 Å². The molecule has 0 saturated carbocycles. The van der Waals surface area contributed by atoms with Crippen molar-refractivity contribution in [3.05, 3.63) is 82.9 Å². The molecule has 1 aliphatic rings. The minimum atomic E-state index is 0.345. The van der Waals surface area contributed by atoms with E-state index in [9.17, 15) is 0 Å². The Balaban J connectivity index is 1.30. The monoisotopic (exact) mass is 477 g/mol. The largest absolute Gasteiger partial charge is 0.435 e. The van der Waals surface area contributed by atoms with E-state index in [-0.39, 0.29) is 0 Å². The summed E-state index contributed by atoms with van der Waals surface area (Å²) in [5.74, 6) is 7.54. The lowest BCUT2D eigenvalue weighted by atomic mass is 10.1. The Morgan fingerprint density at radius 3 is 2.78 bits per heavy atom. The fraction of sp³-hybridized carbons (Fsp3) is 0.276. The number of piperidine rings is 1. The first-order valence-corrected chi connectivity index (χ1v) is 12.3. The van der Waals surface area contributed by atoms with Gasteiger partial charge in [0.05, 0.1) is 11.8 Å². The van der Waals surface area contributed by atoms with Crippen molar-refractivity contribution in [2.24, 2.45) is 0 Å². The highest BCUT2D eigenvalue weighted by atomic mass is 16.5. The Kier molecular flexibility index (Phi) is 5.88. The van der Waals surface area contributed by atoms with Crippen LogP contribution in [0.2, 0.25) is 0 Å². The van der Waals surface area contributed by atoms with E-state index in [4.69, 9.17) is 9.26 Å². The molecule has 5 aromatic rings. The number of likely N-dealkylation sites (tertiary alicyclic amines) is 1. The van der Waals surface area contributed by atoms with Crippen LogP contribution >= 0.6 is 0 Å². The molecule has 1 fully saturated rings. The Labute approximate surface area is 209 Å². The molecule has 7 nitrogen and oxygen atoms in total. The summed E-state index contributed by atoms with van der Waals surface area (Å²) in [5, 5.41) is 4.21. The van der Waals surface area contributed by atoms with Crippen molar-refractivity contribution in [2.45, 2.75) is 39.7 Å². The summed E-state index contributed by atoms with van der Waals surface area (Å²) in [6.45, 7) is 7.28. The third kappa shape index (κ3) is 4.43. The lowest BCUT2D eigenvalue weighted by molar-refractivity contribution is 0.220. The smallest absolute Gasteiger partial charge is 0.286 e. The van der Waals surface area contributed by atoms with E-state index >= 15 is 0 Å². The van der Waals surface area contributed by atoms with E-state index < -0.39 is 0 Å². The summed E-state index contributed by atoms with van der Waals surface area (Å²) in [4.78, 5) is 11.5. The highest BCUT2D eigenvalue weighted by Crippen LogP contribution is 2.31. The zero-order chi connectivity index (χ0) is 24.5. The maximum atomic E-state index is 6.20. The normalized spacial score (nSPS) is 14.2. The second kappa shape index (κ2) is 9.48. The second-order valence-corrected chi connectivity index (χ2v) is 9.40. The summed E-state index contributed by atoms with van der Waals surface area (Å²) in [6.07, 6.45) is 9.37. The summed E-state index contributed by atoms with van der Waals surface area (Å²) < 4.78 is 13.9. The van der Waals surface area contributed by atoms with Crippen LogP contribution in [0, 0.1) is 25.7 Å². The number of nitrogens with zero attached hydrogens (tertiary/aromatic N) is 5. The molecule has 0 radical (unpaired) electrons. The molecular formula is C29H27N5O2. The van der Waals surface area contributed by atoms with Gasteiger partial charge in [0, 0.05) is 18.9 Å². The highest BCUT2D eigenvalue weighted by molar-refractivity contribution is 5.84. The molecule has 6 rings (SSSR count). The van der Waals surface area contributed by atoms with Gasteiger partial charge in [0.2, 0.25) is 5.58 Å². The molecular weight excluding hydrogens is 450 g/mol. The summed E-state index contributed by atoms with van der Waals surface area (Å²) in [7, 11) is 0. The van der Waals surface area contributed by atoms with E-state index in [1.165, 1.54) is 24.8 Å². The van der Waals surface area contributed by atoms with Crippen LogP contribution in [0.4, 0.5) is 0 Å². The molecule has 0 spiro atoms. The summed E-state index contributed by atoms with van der Waals surface area (Å²) in [6, 6.07) is 12.2. The minimum Gasteiger partial charge on any atom is -0.435 e. The van der Waals surface area contributed by atoms with E-state index in [0.717, 1.165) is 53.4 Å². The van der Waals surface area contributed by atoms with Gasteiger partial charge in [0.25, 0.3) is 5.88 Å². The van der Waals surface area contributed by atoms with Crippen LogP contribution in [-0.2, 0) is 6.54 Å². The lowest BCUT2D eigenvalue weighted by Gasteiger charge is -2.26. The minimum absolute atomic E-state index is 0.345. The van der Waals surface area contributed by atoms with E-state index in [1.54, 1.807) is 12.4 Å². The summed E-state index contributed by atoms with van der Waals surface area (Å²) in [5.41, 5.74) is 6.76. The quantitative estimate of drug-likeness (QED) is 0.311. The van der Waals surface area contributed by atoms with Crippen molar-refractivity contribution in [1.82, 2.24) is 24.4 Å². The van der Waals surface area contributed by atoms with Gasteiger partial charge in [-0.3, -0.25) is 9.30 Å². The Hall–Kier alpha value is -4.15. The average Bonchev–Trinajstić information content (AvgIpc) is 3.48. The first-order valence-electron chi connectivity index (χ1n) is 12.3. The molecule has 0 aliphatic carbocycles. The van der Waals surface area contributed by atoms with Crippen LogP contribution in [0.1, 0.15) is 47.2 Å². The van der Waals surface area contributed by atoms with Crippen LogP contribution < -0.4 is 4.74 Å². The van der Waals surface area contributed by atoms with E-state index in [2.05, 4.69) is 50.9 Å². The molecule has 1 aliphatic heterocycles. The van der Waals surface area contributed by atoms with Crippen molar-refractivity contribution < 1.29 is 9.26 Å². The van der Waals surface area contributed by atoms with Crippen molar-refractivity contribution in [3.63, 3.8) is 0 Å². The Morgan fingerprint density at radius 1 is 1.00 bits per heavy atom. The number of hydrogen-bond donors (Lipinski definition) is 0. The third-order valence-corrected chi connectivity index (χ3v) is 6.56.